The van der Waals surface area contributed by atoms with Gasteiger partial charge in [0.1, 0.15) is 0 Å². The Hall–Kier alpha value is -1.13. The Labute approximate surface area is 135 Å². The molecule has 1 unspecified atom stereocenters. The number of ether oxygens (including phenoxy) is 1. The quantitative estimate of drug-likeness (QED) is 0.445. The summed E-state index contributed by atoms with van der Waals surface area (Å²) in [6.07, 6.45) is 1.46. The number of alkyl halides is 1. The average Bonchev–Trinajstić information content (AvgIpc) is 2.50. The maximum Gasteiger partial charge on any atom is 0.255 e. The van der Waals surface area contributed by atoms with Gasteiger partial charge in [-0.1, -0.05) is 66.2 Å². The highest BCUT2D eigenvalue weighted by atomic mass is 79.9. The SMILES string of the molecule is C=CC(c1ccccc1)N1C(=O)[C@@H](OC)[C@H]1C(C)(C)CBr. The van der Waals surface area contributed by atoms with E-state index >= 15 is 0 Å². The molecule has 0 saturated carbocycles. The van der Waals surface area contributed by atoms with Gasteiger partial charge in [0.25, 0.3) is 5.91 Å². The molecular formula is C17H22BrNO2. The van der Waals surface area contributed by atoms with Gasteiger partial charge in [-0.05, 0) is 11.0 Å². The predicted molar refractivity (Wildman–Crippen MR) is 88.4 cm³/mol. The molecule has 0 bridgehead atoms. The molecule has 0 aliphatic carbocycles. The minimum Gasteiger partial charge on any atom is -0.369 e. The van der Waals surface area contributed by atoms with E-state index in [1.54, 1.807) is 7.11 Å². The monoisotopic (exact) mass is 351 g/mol. The highest BCUT2D eigenvalue weighted by Gasteiger charge is 2.56. The molecule has 2 rings (SSSR count). The summed E-state index contributed by atoms with van der Waals surface area (Å²) in [4.78, 5) is 14.4. The first-order chi connectivity index (χ1) is 9.97. The molecule has 0 aromatic heterocycles. The number of β-lactam (4-membered cyclic amide) rings is 1. The molecule has 1 aliphatic rings. The normalized spacial score (nSPS) is 23.6. The number of hydrogen-bond donors (Lipinski definition) is 0. The van der Waals surface area contributed by atoms with Gasteiger partial charge in [-0.3, -0.25) is 4.79 Å². The number of likely N-dealkylation sites (tertiary alicyclic amines) is 1. The summed E-state index contributed by atoms with van der Waals surface area (Å²) in [5, 5.41) is 0.799. The third-order valence-corrected chi connectivity index (χ3v) is 5.59. The van der Waals surface area contributed by atoms with Gasteiger partial charge in [-0.15, -0.1) is 6.58 Å². The van der Waals surface area contributed by atoms with Gasteiger partial charge in [-0.2, -0.15) is 0 Å². The van der Waals surface area contributed by atoms with Gasteiger partial charge < -0.3 is 9.64 Å². The van der Waals surface area contributed by atoms with E-state index in [0.29, 0.717) is 0 Å². The molecular weight excluding hydrogens is 330 g/mol. The summed E-state index contributed by atoms with van der Waals surface area (Å²) < 4.78 is 5.41. The second kappa shape index (κ2) is 6.32. The molecule has 1 aromatic carbocycles. The van der Waals surface area contributed by atoms with Crippen LogP contribution in [-0.2, 0) is 9.53 Å². The van der Waals surface area contributed by atoms with E-state index in [2.05, 4.69) is 36.4 Å². The zero-order chi connectivity index (χ0) is 15.6. The largest absolute Gasteiger partial charge is 0.369 e. The number of carbonyl (C=O) groups is 1. The van der Waals surface area contributed by atoms with Crippen molar-refractivity contribution in [2.75, 3.05) is 12.4 Å². The third-order valence-electron chi connectivity index (χ3n) is 4.15. The number of amides is 1. The number of methoxy groups -OCH3 is 1. The molecule has 4 heteroatoms. The van der Waals surface area contributed by atoms with Crippen molar-refractivity contribution in [3.8, 4) is 0 Å². The highest BCUT2D eigenvalue weighted by Crippen LogP contribution is 2.43. The average molecular weight is 352 g/mol. The summed E-state index contributed by atoms with van der Waals surface area (Å²) in [6.45, 7) is 8.21. The molecule has 3 atom stereocenters. The van der Waals surface area contributed by atoms with Crippen molar-refractivity contribution in [2.24, 2.45) is 5.41 Å². The molecule has 0 spiro atoms. The van der Waals surface area contributed by atoms with E-state index in [9.17, 15) is 4.79 Å². The Morgan fingerprint density at radius 1 is 1.43 bits per heavy atom. The van der Waals surface area contributed by atoms with Crippen molar-refractivity contribution in [3.05, 3.63) is 48.6 Å². The maximum atomic E-state index is 12.5. The first-order valence-corrected chi connectivity index (χ1v) is 8.18. The summed E-state index contributed by atoms with van der Waals surface area (Å²) in [5.41, 5.74) is 0.996. The molecule has 21 heavy (non-hydrogen) atoms. The lowest BCUT2D eigenvalue weighted by Crippen LogP contribution is -2.71. The van der Waals surface area contributed by atoms with Crippen molar-refractivity contribution in [1.82, 2.24) is 4.90 Å². The predicted octanol–water partition coefficient (Wildman–Crippen LogP) is 3.56. The number of carbonyl (C=O) groups excluding carboxylic acids is 1. The Morgan fingerprint density at radius 3 is 2.52 bits per heavy atom. The molecule has 1 aromatic rings. The Kier molecular flexibility index (Phi) is 4.89. The Balaban J connectivity index is 2.36. The molecule has 1 saturated heterocycles. The van der Waals surface area contributed by atoms with Crippen LogP contribution in [0.15, 0.2) is 43.0 Å². The van der Waals surface area contributed by atoms with Crippen molar-refractivity contribution < 1.29 is 9.53 Å². The summed E-state index contributed by atoms with van der Waals surface area (Å²) in [6, 6.07) is 9.89. The van der Waals surface area contributed by atoms with E-state index < -0.39 is 0 Å². The minimum absolute atomic E-state index is 0.0255. The van der Waals surface area contributed by atoms with Crippen LogP contribution in [0.1, 0.15) is 25.5 Å². The third kappa shape index (κ3) is 2.79. The first kappa shape index (κ1) is 16.2. The van der Waals surface area contributed by atoms with E-state index in [1.165, 1.54) is 0 Å². The number of nitrogens with zero attached hydrogens (tertiary/aromatic N) is 1. The van der Waals surface area contributed by atoms with Gasteiger partial charge in [0, 0.05) is 12.4 Å². The first-order valence-electron chi connectivity index (χ1n) is 7.06. The van der Waals surface area contributed by atoms with Crippen LogP contribution < -0.4 is 0 Å². The highest BCUT2D eigenvalue weighted by molar-refractivity contribution is 9.09. The van der Waals surface area contributed by atoms with E-state index in [4.69, 9.17) is 4.74 Å². The molecule has 1 amide bonds. The van der Waals surface area contributed by atoms with Gasteiger partial charge >= 0.3 is 0 Å². The van der Waals surface area contributed by atoms with Gasteiger partial charge in [-0.25, -0.2) is 0 Å². The number of halogens is 1. The minimum atomic E-state index is -0.372. The molecule has 1 fully saturated rings. The topological polar surface area (TPSA) is 29.5 Å². The zero-order valence-corrected chi connectivity index (χ0v) is 14.3. The molecule has 114 valence electrons. The fourth-order valence-corrected chi connectivity index (χ4v) is 3.28. The zero-order valence-electron chi connectivity index (χ0n) is 12.8. The standard InChI is InChI=1S/C17H22BrNO2/c1-5-13(12-9-7-6-8-10-12)19-15(17(2,3)11-18)14(21-4)16(19)20/h5-10,13-15H,1,11H2,2-4H3/t13?,14-,15-/m0/s1. The van der Waals surface area contributed by atoms with E-state index in [-0.39, 0.29) is 29.5 Å². The fourth-order valence-electron chi connectivity index (χ4n) is 2.95. The van der Waals surface area contributed by atoms with Crippen LogP contribution >= 0.6 is 15.9 Å². The van der Waals surface area contributed by atoms with Crippen LogP contribution in [0.2, 0.25) is 0 Å². The number of benzene rings is 1. The van der Waals surface area contributed by atoms with Crippen LogP contribution in [0, 0.1) is 5.41 Å². The number of rotatable bonds is 6. The van der Waals surface area contributed by atoms with Crippen molar-refractivity contribution in [1.29, 1.82) is 0 Å². The molecule has 0 N–H and O–H groups in total. The molecule has 0 radical (unpaired) electrons. The summed E-state index contributed by atoms with van der Waals surface area (Å²) >= 11 is 3.56. The second-order valence-electron chi connectivity index (χ2n) is 6.06. The lowest BCUT2D eigenvalue weighted by atomic mass is 9.75. The maximum absolute atomic E-state index is 12.5. The lowest BCUT2D eigenvalue weighted by molar-refractivity contribution is -0.184. The van der Waals surface area contributed by atoms with Gasteiger partial charge in [0.15, 0.2) is 6.10 Å². The fraction of sp³-hybridized carbons (Fsp3) is 0.471. The molecule has 3 nitrogen and oxygen atoms in total. The van der Waals surface area contributed by atoms with E-state index in [0.717, 1.165) is 10.9 Å². The second-order valence-corrected chi connectivity index (χ2v) is 6.62. The van der Waals surface area contributed by atoms with Crippen LogP contribution in [0.25, 0.3) is 0 Å². The molecule has 1 aliphatic heterocycles. The van der Waals surface area contributed by atoms with E-state index in [1.807, 2.05) is 41.3 Å². The van der Waals surface area contributed by atoms with Gasteiger partial charge in [0.05, 0.1) is 12.1 Å². The van der Waals surface area contributed by atoms with Crippen LogP contribution in [-0.4, -0.2) is 35.4 Å². The summed E-state index contributed by atoms with van der Waals surface area (Å²) in [7, 11) is 1.60. The van der Waals surface area contributed by atoms with Crippen molar-refractivity contribution >= 4 is 21.8 Å². The van der Waals surface area contributed by atoms with Crippen molar-refractivity contribution in [3.63, 3.8) is 0 Å². The Bertz CT molecular complexity index is 515. The summed E-state index contributed by atoms with van der Waals surface area (Å²) in [5.74, 6) is 0.0327. The van der Waals surface area contributed by atoms with Crippen molar-refractivity contribution in [2.45, 2.75) is 32.0 Å². The van der Waals surface area contributed by atoms with Gasteiger partial charge in [0.2, 0.25) is 0 Å². The smallest absolute Gasteiger partial charge is 0.255 e. The Morgan fingerprint density at radius 2 is 2.05 bits per heavy atom. The lowest BCUT2D eigenvalue weighted by Gasteiger charge is -2.55. The van der Waals surface area contributed by atoms with Crippen LogP contribution in [0.5, 0.6) is 0 Å². The number of hydrogen-bond acceptors (Lipinski definition) is 2. The van der Waals surface area contributed by atoms with Crippen LogP contribution in [0.4, 0.5) is 0 Å². The molecule has 1 heterocycles. The van der Waals surface area contributed by atoms with Crippen LogP contribution in [0.3, 0.4) is 0 Å².